The lowest BCUT2D eigenvalue weighted by Crippen LogP contribution is -1.91. The molecule has 0 amide bonds. The van der Waals surface area contributed by atoms with E-state index in [-0.39, 0.29) is 0 Å². The van der Waals surface area contributed by atoms with Crippen LogP contribution in [0.1, 0.15) is 10.4 Å². The quantitative estimate of drug-likeness (QED) is 0.549. The van der Waals surface area contributed by atoms with Gasteiger partial charge in [0.2, 0.25) is 0 Å². The number of halogens is 1. The minimum atomic E-state index is 0.476. The number of nitrogen functional groups attached to an aromatic ring is 1. The SMILES string of the molecule is Nc1cc(C=O)cnc1Br. The number of aromatic nitrogens is 1. The van der Waals surface area contributed by atoms with Crippen molar-refractivity contribution in [3.8, 4) is 0 Å². The van der Waals surface area contributed by atoms with Crippen LogP contribution in [0, 0.1) is 0 Å². The number of nitrogens with zero attached hydrogens (tertiary/aromatic N) is 1. The van der Waals surface area contributed by atoms with Gasteiger partial charge >= 0.3 is 0 Å². The van der Waals surface area contributed by atoms with Crippen LogP contribution < -0.4 is 5.73 Å². The molecule has 0 fully saturated rings. The normalized spacial score (nSPS) is 9.30. The van der Waals surface area contributed by atoms with Crippen LogP contribution in [0.4, 0.5) is 5.69 Å². The Labute approximate surface area is 66.4 Å². The van der Waals surface area contributed by atoms with Gasteiger partial charge in [-0.15, -0.1) is 0 Å². The third-order valence-electron chi connectivity index (χ3n) is 1.02. The molecule has 0 saturated heterocycles. The van der Waals surface area contributed by atoms with E-state index in [9.17, 15) is 4.79 Å². The van der Waals surface area contributed by atoms with Crippen LogP contribution in [-0.2, 0) is 0 Å². The van der Waals surface area contributed by atoms with Crippen LogP contribution in [0.5, 0.6) is 0 Å². The van der Waals surface area contributed by atoms with Crippen LogP contribution in [0.25, 0.3) is 0 Å². The number of nitrogens with two attached hydrogens (primary N) is 1. The Hall–Kier alpha value is -0.900. The molecule has 4 heteroatoms. The van der Waals surface area contributed by atoms with Crippen molar-refractivity contribution in [2.24, 2.45) is 0 Å². The highest BCUT2D eigenvalue weighted by Gasteiger charge is 1.96. The smallest absolute Gasteiger partial charge is 0.151 e. The molecule has 0 aliphatic rings. The molecule has 52 valence electrons. The number of pyridine rings is 1. The van der Waals surface area contributed by atoms with E-state index in [0.717, 1.165) is 0 Å². The fourth-order valence-electron chi connectivity index (χ4n) is 0.547. The van der Waals surface area contributed by atoms with Crippen LogP contribution >= 0.6 is 15.9 Å². The Kier molecular flexibility index (Phi) is 2.01. The van der Waals surface area contributed by atoms with Gasteiger partial charge in [-0.25, -0.2) is 4.98 Å². The molecule has 0 saturated carbocycles. The Bertz CT molecular complexity index is 262. The number of carbonyl (C=O) groups is 1. The predicted molar refractivity (Wildman–Crippen MR) is 41.7 cm³/mol. The summed E-state index contributed by atoms with van der Waals surface area (Å²) in [6.45, 7) is 0. The minimum absolute atomic E-state index is 0.476. The van der Waals surface area contributed by atoms with Crippen molar-refractivity contribution >= 4 is 27.9 Å². The molecular weight excluding hydrogens is 196 g/mol. The highest BCUT2D eigenvalue weighted by Crippen LogP contribution is 2.15. The highest BCUT2D eigenvalue weighted by molar-refractivity contribution is 9.10. The zero-order valence-corrected chi connectivity index (χ0v) is 6.63. The zero-order valence-electron chi connectivity index (χ0n) is 5.04. The van der Waals surface area contributed by atoms with Crippen molar-refractivity contribution in [3.63, 3.8) is 0 Å². The van der Waals surface area contributed by atoms with E-state index in [4.69, 9.17) is 5.73 Å². The maximum Gasteiger partial charge on any atom is 0.151 e. The van der Waals surface area contributed by atoms with Crippen molar-refractivity contribution < 1.29 is 4.79 Å². The molecule has 0 aliphatic heterocycles. The molecule has 10 heavy (non-hydrogen) atoms. The van der Waals surface area contributed by atoms with Gasteiger partial charge in [-0.1, -0.05) is 0 Å². The lowest BCUT2D eigenvalue weighted by molar-refractivity contribution is 0.112. The summed E-state index contributed by atoms with van der Waals surface area (Å²) < 4.78 is 0.568. The second-order valence-electron chi connectivity index (χ2n) is 1.77. The maximum atomic E-state index is 10.2. The fourth-order valence-corrected chi connectivity index (χ4v) is 0.763. The largest absolute Gasteiger partial charge is 0.397 e. The third kappa shape index (κ3) is 1.33. The third-order valence-corrected chi connectivity index (χ3v) is 1.69. The topological polar surface area (TPSA) is 56.0 Å². The summed E-state index contributed by atoms with van der Waals surface area (Å²) in [6.07, 6.45) is 2.16. The van der Waals surface area contributed by atoms with Crippen molar-refractivity contribution in [2.45, 2.75) is 0 Å². The number of carbonyl (C=O) groups excluding carboxylic acids is 1. The molecule has 0 atom stereocenters. The van der Waals surface area contributed by atoms with E-state index >= 15 is 0 Å². The Morgan fingerprint density at radius 2 is 2.40 bits per heavy atom. The first-order chi connectivity index (χ1) is 4.74. The zero-order chi connectivity index (χ0) is 7.56. The first kappa shape index (κ1) is 7.21. The summed E-state index contributed by atoms with van der Waals surface area (Å²) >= 11 is 3.11. The number of rotatable bonds is 1. The molecule has 0 bridgehead atoms. The Morgan fingerprint density at radius 1 is 1.70 bits per heavy atom. The number of anilines is 1. The van der Waals surface area contributed by atoms with E-state index < -0.39 is 0 Å². The second kappa shape index (κ2) is 2.79. The molecule has 1 rings (SSSR count). The predicted octanol–water partition coefficient (Wildman–Crippen LogP) is 1.24. The van der Waals surface area contributed by atoms with Gasteiger partial charge in [0, 0.05) is 11.8 Å². The van der Waals surface area contributed by atoms with Gasteiger partial charge in [-0.3, -0.25) is 4.79 Å². The highest BCUT2D eigenvalue weighted by atomic mass is 79.9. The van der Waals surface area contributed by atoms with E-state index in [1.54, 1.807) is 6.07 Å². The van der Waals surface area contributed by atoms with Gasteiger partial charge < -0.3 is 5.73 Å². The summed E-state index contributed by atoms with van der Waals surface area (Å²) in [5, 5.41) is 0. The van der Waals surface area contributed by atoms with Crippen molar-refractivity contribution in [3.05, 3.63) is 22.4 Å². The minimum Gasteiger partial charge on any atom is -0.397 e. The standard InChI is InChI=1S/C6H5BrN2O/c7-6-5(8)1-4(3-10)2-9-6/h1-3H,8H2. The van der Waals surface area contributed by atoms with Crippen LogP contribution in [0.2, 0.25) is 0 Å². The Morgan fingerprint density at radius 3 is 2.90 bits per heavy atom. The van der Waals surface area contributed by atoms with Gasteiger partial charge in [-0.2, -0.15) is 0 Å². The first-order valence-corrected chi connectivity index (χ1v) is 3.39. The average molecular weight is 201 g/mol. The Balaban J connectivity index is 3.16. The monoisotopic (exact) mass is 200 g/mol. The first-order valence-electron chi connectivity index (χ1n) is 2.60. The van der Waals surface area contributed by atoms with Crippen molar-refractivity contribution in [1.82, 2.24) is 4.98 Å². The number of hydrogen-bond donors (Lipinski definition) is 1. The molecule has 0 radical (unpaired) electrons. The summed E-state index contributed by atoms with van der Waals surface area (Å²) in [6, 6.07) is 1.56. The van der Waals surface area contributed by atoms with E-state index in [2.05, 4.69) is 20.9 Å². The average Bonchev–Trinajstić information content (AvgIpc) is 1.95. The summed E-state index contributed by atoms with van der Waals surface area (Å²) in [4.78, 5) is 14.0. The lowest BCUT2D eigenvalue weighted by atomic mass is 10.3. The van der Waals surface area contributed by atoms with Crippen molar-refractivity contribution in [2.75, 3.05) is 5.73 Å². The summed E-state index contributed by atoms with van der Waals surface area (Å²) in [5.74, 6) is 0. The molecule has 0 aliphatic carbocycles. The molecule has 0 unspecified atom stereocenters. The fraction of sp³-hybridized carbons (Fsp3) is 0. The molecule has 0 spiro atoms. The molecular formula is C6H5BrN2O. The van der Waals surface area contributed by atoms with Gasteiger partial charge in [-0.05, 0) is 22.0 Å². The van der Waals surface area contributed by atoms with Gasteiger partial charge in [0.1, 0.15) is 4.60 Å². The molecule has 1 heterocycles. The van der Waals surface area contributed by atoms with E-state index in [1.165, 1.54) is 6.20 Å². The van der Waals surface area contributed by atoms with Crippen molar-refractivity contribution in [1.29, 1.82) is 0 Å². The molecule has 0 aromatic carbocycles. The van der Waals surface area contributed by atoms with E-state index in [0.29, 0.717) is 22.1 Å². The lowest BCUT2D eigenvalue weighted by Gasteiger charge is -1.95. The number of aldehydes is 1. The maximum absolute atomic E-state index is 10.2. The molecule has 2 N–H and O–H groups in total. The van der Waals surface area contributed by atoms with Gasteiger partial charge in [0.15, 0.2) is 6.29 Å². The summed E-state index contributed by atoms with van der Waals surface area (Å²) in [7, 11) is 0. The van der Waals surface area contributed by atoms with Gasteiger partial charge in [0.05, 0.1) is 5.69 Å². The summed E-state index contributed by atoms with van der Waals surface area (Å²) in [5.41, 5.74) is 6.39. The molecule has 1 aromatic rings. The van der Waals surface area contributed by atoms with Gasteiger partial charge in [0.25, 0.3) is 0 Å². The van der Waals surface area contributed by atoms with Crippen LogP contribution in [0.15, 0.2) is 16.9 Å². The molecule has 3 nitrogen and oxygen atoms in total. The van der Waals surface area contributed by atoms with Crippen LogP contribution in [-0.4, -0.2) is 11.3 Å². The molecule has 1 aromatic heterocycles. The van der Waals surface area contributed by atoms with Crippen LogP contribution in [0.3, 0.4) is 0 Å². The second-order valence-corrected chi connectivity index (χ2v) is 2.52. The van der Waals surface area contributed by atoms with E-state index in [1.807, 2.05) is 0 Å². The number of hydrogen-bond acceptors (Lipinski definition) is 3.